The van der Waals surface area contributed by atoms with Crippen molar-refractivity contribution < 1.29 is 28.4 Å². The molecule has 0 radical (unpaired) electrons. The summed E-state index contributed by atoms with van der Waals surface area (Å²) in [5, 5.41) is 12.3. The van der Waals surface area contributed by atoms with E-state index in [0.717, 1.165) is 57.8 Å². The van der Waals surface area contributed by atoms with Crippen LogP contribution in [0.25, 0.3) is 11.1 Å². The molecule has 2 saturated carbocycles. The summed E-state index contributed by atoms with van der Waals surface area (Å²) < 4.78 is 6.16. The molecule has 0 spiro atoms. The number of carbonyl (C=O) groups is 5. The minimum Gasteiger partial charge on any atom is -0.441 e. The number of fused-ring (bicyclic) bond motifs is 1. The van der Waals surface area contributed by atoms with Crippen LogP contribution in [0.5, 0.6) is 0 Å². The fourth-order valence-electron chi connectivity index (χ4n) is 9.08. The second-order valence-electron chi connectivity index (χ2n) is 18.0. The summed E-state index contributed by atoms with van der Waals surface area (Å²) in [6, 6.07) is 24.3. The number of hydrogen-bond acceptors (Lipinski definition) is 7. The standard InChI is InChI=1S/C51H66N6O6/c1-3-5-7-9-10-11-18-24-46(58)53-44(50(61)52-27-19-8-6-4-2)31-47-54-41-26-25-36(28-45(41)63-47)51(62)57-32-39(48(59)55-42-29-37(42)34-20-14-12-15-21-34)40(33-57)49(60)56-43-30-38(43)35-22-16-13-17-23-35/h12-17,20-23,25-26,28,37-40,42-44H,3-11,18-19,24,27,29-33H2,1-2H3,(H,52,61)(H,53,58)(H,55,59)(H,56,60)/t37-,38-,39-,40-,42+,43+,44+/m1/s1. The van der Waals surface area contributed by atoms with E-state index in [4.69, 9.17) is 4.42 Å². The van der Waals surface area contributed by atoms with Crippen molar-refractivity contribution in [3.05, 3.63) is 101 Å². The van der Waals surface area contributed by atoms with Gasteiger partial charge in [-0.2, -0.15) is 0 Å². The second-order valence-corrected chi connectivity index (χ2v) is 18.0. The van der Waals surface area contributed by atoms with Crippen LogP contribution in [0, 0.1) is 11.8 Å². The molecule has 3 aromatic carbocycles. The lowest BCUT2D eigenvalue weighted by Gasteiger charge is -2.18. The first-order chi connectivity index (χ1) is 30.7. The number of oxazole rings is 1. The molecule has 336 valence electrons. The Morgan fingerprint density at radius 1 is 0.698 bits per heavy atom. The van der Waals surface area contributed by atoms with Gasteiger partial charge in [0.1, 0.15) is 11.6 Å². The van der Waals surface area contributed by atoms with E-state index in [9.17, 15) is 24.0 Å². The molecule has 5 amide bonds. The summed E-state index contributed by atoms with van der Waals surface area (Å²) >= 11 is 0. The minimum atomic E-state index is -0.865. The van der Waals surface area contributed by atoms with Gasteiger partial charge >= 0.3 is 0 Å². The van der Waals surface area contributed by atoms with Crippen molar-refractivity contribution in [2.24, 2.45) is 11.8 Å². The Hall–Kier alpha value is -5.52. The smallest absolute Gasteiger partial charge is 0.254 e. The molecule has 12 heteroatoms. The molecule has 0 bridgehead atoms. The van der Waals surface area contributed by atoms with E-state index >= 15 is 0 Å². The van der Waals surface area contributed by atoms with Crippen LogP contribution in [0.15, 0.2) is 83.3 Å². The molecule has 2 heterocycles. The molecule has 1 aliphatic heterocycles. The van der Waals surface area contributed by atoms with Crippen molar-refractivity contribution in [2.45, 2.75) is 140 Å². The van der Waals surface area contributed by atoms with Gasteiger partial charge in [0.05, 0.1) is 18.3 Å². The van der Waals surface area contributed by atoms with Crippen LogP contribution in [-0.2, 0) is 25.6 Å². The number of benzene rings is 3. The Labute approximate surface area is 372 Å². The molecule has 7 rings (SSSR count). The summed E-state index contributed by atoms with van der Waals surface area (Å²) in [5.41, 5.74) is 3.57. The first kappa shape index (κ1) is 45.5. The van der Waals surface area contributed by atoms with Gasteiger partial charge in [-0.15, -0.1) is 0 Å². The van der Waals surface area contributed by atoms with Crippen LogP contribution in [0.3, 0.4) is 0 Å². The molecule has 1 saturated heterocycles. The van der Waals surface area contributed by atoms with Crippen molar-refractivity contribution in [3.63, 3.8) is 0 Å². The van der Waals surface area contributed by atoms with E-state index in [0.29, 0.717) is 29.6 Å². The average Bonchev–Trinajstić information content (AvgIpc) is 4.15. The third kappa shape index (κ3) is 12.6. The van der Waals surface area contributed by atoms with Gasteiger partial charge in [-0.1, -0.05) is 132 Å². The molecule has 1 aromatic heterocycles. The third-order valence-corrected chi connectivity index (χ3v) is 13.0. The topological polar surface area (TPSA) is 163 Å². The Morgan fingerprint density at radius 3 is 1.84 bits per heavy atom. The zero-order valence-electron chi connectivity index (χ0n) is 37.1. The first-order valence-corrected chi connectivity index (χ1v) is 23.7. The minimum absolute atomic E-state index is 0.0165. The number of amides is 5. The van der Waals surface area contributed by atoms with E-state index in [1.54, 1.807) is 23.1 Å². The van der Waals surface area contributed by atoms with Gasteiger partial charge < -0.3 is 30.6 Å². The number of nitrogens with zero attached hydrogens (tertiary/aromatic N) is 2. The van der Waals surface area contributed by atoms with Crippen LogP contribution in [0.1, 0.15) is 143 Å². The number of rotatable bonds is 24. The van der Waals surface area contributed by atoms with Gasteiger partial charge in [0, 0.05) is 55.5 Å². The van der Waals surface area contributed by atoms with E-state index in [1.165, 1.54) is 36.8 Å². The molecule has 2 aliphatic carbocycles. The van der Waals surface area contributed by atoms with Crippen molar-refractivity contribution in [3.8, 4) is 0 Å². The van der Waals surface area contributed by atoms with Crippen LogP contribution in [0.4, 0.5) is 0 Å². The van der Waals surface area contributed by atoms with Crippen LogP contribution >= 0.6 is 0 Å². The second kappa shape index (κ2) is 22.2. The molecule has 12 nitrogen and oxygen atoms in total. The first-order valence-electron chi connectivity index (χ1n) is 23.7. The summed E-state index contributed by atoms with van der Waals surface area (Å²) in [4.78, 5) is 74.9. The quantitative estimate of drug-likeness (QED) is 0.0525. The van der Waals surface area contributed by atoms with Crippen molar-refractivity contribution in [1.82, 2.24) is 31.2 Å². The fourth-order valence-corrected chi connectivity index (χ4v) is 9.08. The highest BCUT2D eigenvalue weighted by atomic mass is 16.3. The molecular formula is C51H66N6O6. The number of aromatic nitrogens is 1. The highest BCUT2D eigenvalue weighted by Crippen LogP contribution is 2.42. The van der Waals surface area contributed by atoms with Gasteiger partial charge in [-0.25, -0.2) is 4.98 Å². The lowest BCUT2D eigenvalue weighted by atomic mass is 9.94. The Balaban J connectivity index is 1.00. The Kier molecular flexibility index (Phi) is 16.0. The summed E-state index contributed by atoms with van der Waals surface area (Å²) in [6.07, 6.45) is 13.8. The van der Waals surface area contributed by atoms with Crippen LogP contribution in [0.2, 0.25) is 0 Å². The van der Waals surface area contributed by atoms with E-state index < -0.39 is 17.9 Å². The SMILES string of the molecule is CCCCCCCCCC(=O)N[C@@H](Cc1nc2ccc(C(=O)N3C[C@@H](C(=O)N[C@H]4C[C@@H]4c4ccccc4)[C@H](C(=O)N[C@H]4C[C@@H]4c4ccccc4)C3)cc2o1)C(=O)NCCCCCC. The molecule has 4 N–H and O–H groups in total. The maximum absolute atomic E-state index is 14.2. The lowest BCUT2D eigenvalue weighted by Crippen LogP contribution is -2.48. The van der Waals surface area contributed by atoms with Crippen molar-refractivity contribution in [2.75, 3.05) is 19.6 Å². The van der Waals surface area contributed by atoms with Crippen molar-refractivity contribution >= 4 is 40.6 Å². The number of hydrogen-bond donors (Lipinski definition) is 4. The Bertz CT molecular complexity index is 2080. The monoisotopic (exact) mass is 859 g/mol. The predicted octanol–water partition coefficient (Wildman–Crippen LogP) is 7.73. The van der Waals surface area contributed by atoms with Crippen molar-refractivity contribution in [1.29, 1.82) is 0 Å². The summed E-state index contributed by atoms with van der Waals surface area (Å²) in [7, 11) is 0. The van der Waals surface area contributed by atoms with Gasteiger partial charge in [0.2, 0.25) is 23.6 Å². The number of nitrogens with one attached hydrogen (secondary N) is 4. The number of carbonyl (C=O) groups excluding carboxylic acids is 5. The molecule has 7 atom stereocenters. The zero-order chi connectivity index (χ0) is 44.1. The Morgan fingerprint density at radius 2 is 1.25 bits per heavy atom. The van der Waals surface area contributed by atoms with Crippen LogP contribution < -0.4 is 21.3 Å². The highest BCUT2D eigenvalue weighted by molar-refractivity contribution is 5.99. The van der Waals surface area contributed by atoms with Crippen LogP contribution in [-0.4, -0.2) is 77.2 Å². The summed E-state index contributed by atoms with van der Waals surface area (Å²) in [6.45, 7) is 5.06. The molecule has 0 unspecified atom stereocenters. The van der Waals surface area contributed by atoms with E-state index in [2.05, 4.69) is 64.4 Å². The van der Waals surface area contributed by atoms with Gasteiger partial charge in [-0.3, -0.25) is 24.0 Å². The number of likely N-dealkylation sites (tertiary alicyclic amines) is 1. The normalized spacial score (nSPS) is 21.7. The molecule has 4 aromatic rings. The van der Waals surface area contributed by atoms with E-state index in [-0.39, 0.29) is 78.9 Å². The zero-order valence-corrected chi connectivity index (χ0v) is 37.1. The summed E-state index contributed by atoms with van der Waals surface area (Å²) in [5.74, 6) is -1.90. The largest absolute Gasteiger partial charge is 0.441 e. The molecule has 3 fully saturated rings. The third-order valence-electron chi connectivity index (χ3n) is 13.0. The lowest BCUT2D eigenvalue weighted by molar-refractivity contribution is -0.133. The molecular weight excluding hydrogens is 793 g/mol. The predicted molar refractivity (Wildman–Crippen MR) is 244 cm³/mol. The van der Waals surface area contributed by atoms with Gasteiger partial charge in [0.25, 0.3) is 5.91 Å². The van der Waals surface area contributed by atoms with Gasteiger partial charge in [0.15, 0.2) is 11.5 Å². The highest BCUT2D eigenvalue weighted by Gasteiger charge is 2.49. The fraction of sp³-hybridized carbons (Fsp3) is 0.529. The van der Waals surface area contributed by atoms with E-state index in [1.807, 2.05) is 36.4 Å². The molecule has 3 aliphatic rings. The van der Waals surface area contributed by atoms with Gasteiger partial charge in [-0.05, 0) is 55.0 Å². The maximum Gasteiger partial charge on any atom is 0.254 e. The number of unbranched alkanes of at least 4 members (excludes halogenated alkanes) is 9. The molecule has 63 heavy (non-hydrogen) atoms. The maximum atomic E-state index is 14.2. The average molecular weight is 859 g/mol.